The third kappa shape index (κ3) is 2.75. The zero-order valence-electron chi connectivity index (χ0n) is 14.1. The number of rotatable bonds is 5. The van der Waals surface area contributed by atoms with E-state index in [1.54, 1.807) is 25.3 Å². The van der Waals surface area contributed by atoms with Crippen LogP contribution in [0.3, 0.4) is 0 Å². The Morgan fingerprint density at radius 1 is 1.16 bits per heavy atom. The maximum atomic E-state index is 12.6. The average molecular weight is 343 g/mol. The molecule has 2 aromatic rings. The molecule has 0 bridgehead atoms. The number of amides is 4. The van der Waals surface area contributed by atoms with Crippen molar-refractivity contribution in [3.8, 4) is 0 Å². The van der Waals surface area contributed by atoms with Gasteiger partial charge < -0.3 is 8.98 Å². The van der Waals surface area contributed by atoms with Crippen molar-refractivity contribution in [1.82, 2.24) is 14.4 Å². The summed E-state index contributed by atoms with van der Waals surface area (Å²) in [5.41, 5.74) is 1.97. The number of aromatic nitrogens is 1. The van der Waals surface area contributed by atoms with Gasteiger partial charge in [0, 0.05) is 24.0 Å². The minimum Gasteiger partial charge on any atom is -0.467 e. The lowest BCUT2D eigenvalue weighted by atomic mass is 10.1. The first-order valence-electron chi connectivity index (χ1n) is 7.67. The summed E-state index contributed by atoms with van der Waals surface area (Å²) in [5.74, 6) is -1.56. The van der Waals surface area contributed by atoms with Crippen LogP contribution in [0.1, 0.15) is 27.5 Å². The van der Waals surface area contributed by atoms with Gasteiger partial charge in [0.2, 0.25) is 0 Å². The van der Waals surface area contributed by atoms with Crippen LogP contribution in [0.2, 0.25) is 0 Å². The van der Waals surface area contributed by atoms with Gasteiger partial charge >= 0.3 is 17.8 Å². The van der Waals surface area contributed by atoms with E-state index in [9.17, 15) is 19.2 Å². The predicted octanol–water partition coefficient (Wildman–Crippen LogP) is 1.35. The van der Waals surface area contributed by atoms with E-state index in [1.165, 1.54) is 7.05 Å². The zero-order valence-corrected chi connectivity index (χ0v) is 14.1. The van der Waals surface area contributed by atoms with E-state index in [2.05, 4.69) is 0 Å². The number of ketones is 1. The first kappa shape index (κ1) is 16.7. The first-order chi connectivity index (χ1) is 11.8. The standard InChI is InChI=1S/C17H17N3O5/c1-10-7-13(11(2)19(10)8-12-5-4-6-25-12)14(21)9-20-16(23)15(22)18(3)17(20)24/h4-7H,8-9H2,1-3H3. The van der Waals surface area contributed by atoms with Crippen molar-refractivity contribution in [3.05, 3.63) is 47.2 Å². The van der Waals surface area contributed by atoms with E-state index in [1.807, 2.05) is 17.6 Å². The van der Waals surface area contributed by atoms with Crippen LogP contribution in [0.4, 0.5) is 4.79 Å². The highest BCUT2D eigenvalue weighted by Crippen LogP contribution is 2.19. The van der Waals surface area contributed by atoms with Gasteiger partial charge in [-0.2, -0.15) is 0 Å². The summed E-state index contributed by atoms with van der Waals surface area (Å²) >= 11 is 0. The summed E-state index contributed by atoms with van der Waals surface area (Å²) in [5, 5.41) is 0. The third-order valence-electron chi connectivity index (χ3n) is 4.32. The van der Waals surface area contributed by atoms with Gasteiger partial charge in [-0.1, -0.05) is 0 Å². The van der Waals surface area contributed by atoms with Gasteiger partial charge in [0.05, 0.1) is 19.4 Å². The number of imide groups is 2. The molecule has 0 atom stereocenters. The highest BCUT2D eigenvalue weighted by molar-refractivity contribution is 6.45. The summed E-state index contributed by atoms with van der Waals surface area (Å²) in [6, 6.07) is 4.54. The molecule has 4 amide bonds. The topological polar surface area (TPSA) is 92.8 Å². The molecule has 1 aliphatic rings. The second kappa shape index (κ2) is 6.04. The van der Waals surface area contributed by atoms with Crippen LogP contribution < -0.4 is 0 Å². The van der Waals surface area contributed by atoms with Gasteiger partial charge in [0.1, 0.15) is 5.76 Å². The highest BCUT2D eigenvalue weighted by Gasteiger charge is 2.43. The monoisotopic (exact) mass is 343 g/mol. The fourth-order valence-corrected chi connectivity index (χ4v) is 2.87. The Balaban J connectivity index is 1.83. The van der Waals surface area contributed by atoms with E-state index < -0.39 is 30.2 Å². The molecule has 0 spiro atoms. The lowest BCUT2D eigenvalue weighted by Crippen LogP contribution is -2.36. The number of furan rings is 1. The van der Waals surface area contributed by atoms with E-state index in [0.717, 1.165) is 11.5 Å². The van der Waals surface area contributed by atoms with E-state index in [-0.39, 0.29) is 0 Å². The van der Waals surface area contributed by atoms with Crippen LogP contribution in [0.5, 0.6) is 0 Å². The highest BCUT2D eigenvalue weighted by atomic mass is 16.3. The third-order valence-corrected chi connectivity index (χ3v) is 4.32. The molecule has 25 heavy (non-hydrogen) atoms. The average Bonchev–Trinajstić information content (AvgIpc) is 3.24. The second-order valence-electron chi connectivity index (χ2n) is 5.91. The fourth-order valence-electron chi connectivity index (χ4n) is 2.87. The molecular formula is C17H17N3O5. The van der Waals surface area contributed by atoms with Gasteiger partial charge in [0.25, 0.3) is 0 Å². The Morgan fingerprint density at radius 3 is 2.44 bits per heavy atom. The SMILES string of the molecule is Cc1cc(C(=O)CN2C(=O)C(=O)N(C)C2=O)c(C)n1Cc1ccco1. The number of Topliss-reactive ketones (excluding diaryl/α,β-unsaturated/α-hetero) is 1. The molecule has 3 heterocycles. The number of hydrogen-bond donors (Lipinski definition) is 0. The molecule has 3 rings (SSSR count). The van der Waals surface area contributed by atoms with Gasteiger partial charge in [-0.25, -0.2) is 9.69 Å². The van der Waals surface area contributed by atoms with Crippen LogP contribution in [-0.2, 0) is 16.1 Å². The fraction of sp³-hybridized carbons (Fsp3) is 0.294. The number of urea groups is 1. The summed E-state index contributed by atoms with van der Waals surface area (Å²) in [7, 11) is 1.21. The van der Waals surface area contributed by atoms with Crippen molar-refractivity contribution in [1.29, 1.82) is 0 Å². The molecule has 8 nitrogen and oxygen atoms in total. The van der Waals surface area contributed by atoms with E-state index in [0.29, 0.717) is 27.6 Å². The molecule has 0 unspecified atom stereocenters. The normalized spacial score (nSPS) is 14.8. The molecule has 0 aliphatic carbocycles. The first-order valence-corrected chi connectivity index (χ1v) is 7.67. The predicted molar refractivity (Wildman–Crippen MR) is 85.9 cm³/mol. The molecule has 1 saturated heterocycles. The van der Waals surface area contributed by atoms with E-state index in [4.69, 9.17) is 4.42 Å². The number of nitrogens with zero attached hydrogens (tertiary/aromatic N) is 3. The van der Waals surface area contributed by atoms with Crippen molar-refractivity contribution in [2.75, 3.05) is 13.6 Å². The molecule has 1 fully saturated rings. The Kier molecular flexibility index (Phi) is 4.03. The minimum absolute atomic E-state index is 0.399. The quantitative estimate of drug-likeness (QED) is 0.464. The summed E-state index contributed by atoms with van der Waals surface area (Å²) in [4.78, 5) is 49.2. The Hall–Kier alpha value is -3.16. The molecular weight excluding hydrogens is 326 g/mol. The summed E-state index contributed by atoms with van der Waals surface area (Å²) in [6.45, 7) is 3.66. The second-order valence-corrected chi connectivity index (χ2v) is 5.91. The van der Waals surface area contributed by atoms with Crippen LogP contribution in [0, 0.1) is 13.8 Å². The van der Waals surface area contributed by atoms with Crippen LogP contribution in [0.15, 0.2) is 28.9 Å². The Bertz CT molecular complexity index is 878. The van der Waals surface area contributed by atoms with Crippen LogP contribution >= 0.6 is 0 Å². The Labute approximate surface area is 143 Å². The van der Waals surface area contributed by atoms with Crippen molar-refractivity contribution >= 4 is 23.6 Å². The summed E-state index contributed by atoms with van der Waals surface area (Å²) in [6.07, 6.45) is 1.58. The van der Waals surface area contributed by atoms with Gasteiger partial charge in [-0.3, -0.25) is 19.3 Å². The van der Waals surface area contributed by atoms with Crippen LogP contribution in [0.25, 0.3) is 0 Å². The molecule has 1 aliphatic heterocycles. The number of carbonyl (C=O) groups is 4. The van der Waals surface area contributed by atoms with Crippen molar-refractivity contribution < 1.29 is 23.6 Å². The number of carbonyl (C=O) groups excluding carboxylic acids is 4. The smallest absolute Gasteiger partial charge is 0.334 e. The van der Waals surface area contributed by atoms with Gasteiger partial charge in [0.15, 0.2) is 5.78 Å². The molecule has 0 saturated carbocycles. The number of likely N-dealkylation sites (N-methyl/N-ethyl adjacent to an activating group) is 1. The van der Waals surface area contributed by atoms with E-state index >= 15 is 0 Å². The zero-order chi connectivity index (χ0) is 18.3. The molecule has 0 N–H and O–H groups in total. The lowest BCUT2D eigenvalue weighted by molar-refractivity contribution is -0.142. The molecule has 0 aromatic carbocycles. The molecule has 2 aromatic heterocycles. The largest absolute Gasteiger partial charge is 0.467 e. The lowest BCUT2D eigenvalue weighted by Gasteiger charge is -2.12. The number of aryl methyl sites for hydroxylation is 1. The van der Waals surface area contributed by atoms with Gasteiger partial charge in [-0.15, -0.1) is 0 Å². The number of hydrogen-bond acceptors (Lipinski definition) is 5. The van der Waals surface area contributed by atoms with Gasteiger partial charge in [-0.05, 0) is 32.0 Å². The van der Waals surface area contributed by atoms with Crippen molar-refractivity contribution in [2.45, 2.75) is 20.4 Å². The molecule has 130 valence electrons. The van der Waals surface area contributed by atoms with Crippen molar-refractivity contribution in [3.63, 3.8) is 0 Å². The minimum atomic E-state index is -0.981. The Morgan fingerprint density at radius 2 is 1.88 bits per heavy atom. The van der Waals surface area contributed by atoms with Crippen molar-refractivity contribution in [2.24, 2.45) is 0 Å². The summed E-state index contributed by atoms with van der Waals surface area (Å²) < 4.78 is 7.24. The molecule has 0 radical (unpaired) electrons. The maximum Gasteiger partial charge on any atom is 0.334 e. The molecule has 8 heteroatoms. The maximum absolute atomic E-state index is 12.6. The van der Waals surface area contributed by atoms with Crippen LogP contribution in [-0.4, -0.2) is 51.6 Å².